The van der Waals surface area contributed by atoms with Gasteiger partial charge >= 0.3 is 0 Å². The topological polar surface area (TPSA) is 38.1 Å². The molecule has 0 aromatic carbocycles. The number of aromatic nitrogens is 1. The van der Waals surface area contributed by atoms with E-state index in [4.69, 9.17) is 4.42 Å². The van der Waals surface area contributed by atoms with Crippen LogP contribution in [0.25, 0.3) is 11.0 Å². The zero-order chi connectivity index (χ0) is 9.10. The molecular weight excluding hydrogens is 164 g/mol. The van der Waals surface area contributed by atoms with Gasteiger partial charge in [-0.3, -0.25) is 4.98 Å². The second-order valence-corrected chi connectivity index (χ2v) is 2.88. The molecule has 0 aliphatic carbocycles. The predicted molar refractivity (Wildman–Crippen MR) is 51.4 cm³/mol. The summed E-state index contributed by atoms with van der Waals surface area (Å²) in [5, 5.41) is 4.34. The molecule has 3 heteroatoms. The third-order valence-electron chi connectivity index (χ3n) is 1.98. The first-order chi connectivity index (χ1) is 6.42. The molecule has 0 fully saturated rings. The minimum absolute atomic E-state index is 0.765. The van der Waals surface area contributed by atoms with E-state index in [-0.39, 0.29) is 0 Å². The Hall–Kier alpha value is -1.35. The number of fused-ring (bicyclic) bond motifs is 1. The molecule has 0 radical (unpaired) electrons. The van der Waals surface area contributed by atoms with Crippen molar-refractivity contribution in [3.8, 4) is 0 Å². The van der Waals surface area contributed by atoms with Crippen LogP contribution in [0, 0.1) is 0 Å². The van der Waals surface area contributed by atoms with Gasteiger partial charge in [0.25, 0.3) is 0 Å². The summed E-state index contributed by atoms with van der Waals surface area (Å²) in [5.41, 5.74) is 1.87. The number of hydrogen-bond acceptors (Lipinski definition) is 3. The lowest BCUT2D eigenvalue weighted by Gasteiger charge is -2.00. The van der Waals surface area contributed by atoms with Gasteiger partial charge in [0.2, 0.25) is 0 Å². The molecule has 1 N–H and O–H groups in total. The molecule has 3 nitrogen and oxygen atoms in total. The summed E-state index contributed by atoms with van der Waals surface area (Å²) in [6, 6.07) is 3.90. The number of furan rings is 1. The number of nitrogens with one attached hydrogen (secondary N) is 1. The fourth-order valence-corrected chi connectivity index (χ4v) is 1.32. The Morgan fingerprint density at radius 3 is 3.23 bits per heavy atom. The molecule has 0 aliphatic rings. The van der Waals surface area contributed by atoms with Crippen LogP contribution in [0.3, 0.4) is 0 Å². The second-order valence-electron chi connectivity index (χ2n) is 2.88. The summed E-state index contributed by atoms with van der Waals surface area (Å²) in [6.07, 6.45) is 3.51. The number of pyridine rings is 1. The van der Waals surface area contributed by atoms with Gasteiger partial charge < -0.3 is 9.73 Å². The molecule has 0 saturated carbocycles. The van der Waals surface area contributed by atoms with Crippen LogP contribution in [0.2, 0.25) is 0 Å². The highest BCUT2D eigenvalue weighted by molar-refractivity contribution is 5.78. The van der Waals surface area contributed by atoms with E-state index in [0.29, 0.717) is 0 Å². The third kappa shape index (κ3) is 1.55. The van der Waals surface area contributed by atoms with E-state index in [0.717, 1.165) is 29.8 Å². The summed E-state index contributed by atoms with van der Waals surface area (Å²) in [4.78, 5) is 4.26. The lowest BCUT2D eigenvalue weighted by atomic mass is 10.2. The van der Waals surface area contributed by atoms with Gasteiger partial charge in [0.15, 0.2) is 5.58 Å². The summed E-state index contributed by atoms with van der Waals surface area (Å²) in [7, 11) is 0. The summed E-state index contributed by atoms with van der Waals surface area (Å²) in [6.45, 7) is 3.78. The van der Waals surface area contributed by atoms with E-state index >= 15 is 0 Å². The van der Waals surface area contributed by atoms with Gasteiger partial charge in [0.05, 0.1) is 12.0 Å². The average molecular weight is 176 g/mol. The minimum atomic E-state index is 0.765. The van der Waals surface area contributed by atoms with Gasteiger partial charge in [-0.15, -0.1) is 0 Å². The highest BCUT2D eigenvalue weighted by atomic mass is 16.3. The quantitative estimate of drug-likeness (QED) is 0.776. The van der Waals surface area contributed by atoms with Gasteiger partial charge in [-0.25, -0.2) is 0 Å². The molecule has 0 atom stereocenters. The van der Waals surface area contributed by atoms with Gasteiger partial charge in [0.1, 0.15) is 0 Å². The highest BCUT2D eigenvalue weighted by Gasteiger charge is 2.03. The van der Waals surface area contributed by atoms with Crippen LogP contribution in [-0.2, 0) is 6.54 Å². The van der Waals surface area contributed by atoms with E-state index in [1.807, 2.05) is 18.3 Å². The first kappa shape index (κ1) is 8.26. The predicted octanol–water partition coefficient (Wildman–Crippen LogP) is 1.94. The molecule has 2 rings (SSSR count). The maximum absolute atomic E-state index is 5.34. The normalized spacial score (nSPS) is 10.8. The van der Waals surface area contributed by atoms with E-state index in [1.54, 1.807) is 6.26 Å². The lowest BCUT2D eigenvalue weighted by molar-refractivity contribution is 0.600. The summed E-state index contributed by atoms with van der Waals surface area (Å²) < 4.78 is 5.34. The molecule has 0 spiro atoms. The van der Waals surface area contributed by atoms with Crippen LogP contribution in [0.5, 0.6) is 0 Å². The van der Waals surface area contributed by atoms with E-state index in [1.165, 1.54) is 0 Å². The van der Waals surface area contributed by atoms with Crippen molar-refractivity contribution in [2.24, 2.45) is 0 Å². The van der Waals surface area contributed by atoms with Crippen LogP contribution in [0.15, 0.2) is 29.0 Å². The van der Waals surface area contributed by atoms with Gasteiger partial charge in [-0.05, 0) is 18.7 Å². The molecular formula is C10H12N2O. The molecule has 2 heterocycles. The van der Waals surface area contributed by atoms with Crippen molar-refractivity contribution in [2.45, 2.75) is 13.5 Å². The smallest absolute Gasteiger partial charge is 0.156 e. The van der Waals surface area contributed by atoms with Crippen LogP contribution in [0.4, 0.5) is 0 Å². The molecule has 2 aromatic heterocycles. The Balaban J connectivity index is 2.37. The Kier molecular flexibility index (Phi) is 2.27. The average Bonchev–Trinajstić information content (AvgIpc) is 2.62. The number of hydrogen-bond donors (Lipinski definition) is 1. The van der Waals surface area contributed by atoms with Crippen LogP contribution in [0.1, 0.15) is 12.6 Å². The summed E-state index contributed by atoms with van der Waals surface area (Å²) in [5.74, 6) is 0. The zero-order valence-corrected chi connectivity index (χ0v) is 7.58. The number of nitrogens with zero attached hydrogens (tertiary/aromatic N) is 1. The van der Waals surface area contributed by atoms with E-state index < -0.39 is 0 Å². The monoisotopic (exact) mass is 176 g/mol. The highest BCUT2D eigenvalue weighted by Crippen LogP contribution is 2.17. The van der Waals surface area contributed by atoms with Crippen LogP contribution < -0.4 is 5.32 Å². The first-order valence-corrected chi connectivity index (χ1v) is 4.43. The van der Waals surface area contributed by atoms with Crippen molar-refractivity contribution >= 4 is 11.0 Å². The second kappa shape index (κ2) is 3.58. The molecule has 0 bridgehead atoms. The van der Waals surface area contributed by atoms with Crippen LogP contribution in [-0.4, -0.2) is 11.5 Å². The van der Waals surface area contributed by atoms with Gasteiger partial charge in [-0.1, -0.05) is 6.92 Å². The Bertz CT molecular complexity index is 394. The van der Waals surface area contributed by atoms with Crippen molar-refractivity contribution in [1.29, 1.82) is 0 Å². The van der Waals surface area contributed by atoms with Crippen molar-refractivity contribution in [3.05, 3.63) is 30.3 Å². The molecule has 0 aliphatic heterocycles. The molecule has 68 valence electrons. The largest absolute Gasteiger partial charge is 0.462 e. The lowest BCUT2D eigenvalue weighted by Crippen LogP contribution is -2.12. The van der Waals surface area contributed by atoms with E-state index in [2.05, 4.69) is 17.2 Å². The molecule has 0 unspecified atom stereocenters. The van der Waals surface area contributed by atoms with Crippen molar-refractivity contribution in [2.75, 3.05) is 6.54 Å². The fourth-order valence-electron chi connectivity index (χ4n) is 1.32. The van der Waals surface area contributed by atoms with Crippen molar-refractivity contribution in [3.63, 3.8) is 0 Å². The van der Waals surface area contributed by atoms with Gasteiger partial charge in [-0.2, -0.15) is 0 Å². The summed E-state index contributed by atoms with van der Waals surface area (Å²) >= 11 is 0. The Morgan fingerprint density at radius 2 is 2.38 bits per heavy atom. The molecule has 0 amide bonds. The maximum atomic E-state index is 5.34. The van der Waals surface area contributed by atoms with Crippen molar-refractivity contribution < 1.29 is 4.42 Å². The van der Waals surface area contributed by atoms with E-state index in [9.17, 15) is 0 Å². The SMILES string of the molecule is CCNCc1nccc2ccoc12. The maximum Gasteiger partial charge on any atom is 0.156 e. The Morgan fingerprint density at radius 1 is 1.46 bits per heavy atom. The minimum Gasteiger partial charge on any atom is -0.462 e. The Labute approximate surface area is 76.8 Å². The third-order valence-corrected chi connectivity index (χ3v) is 1.98. The standard InChI is InChI=1S/C10H12N2O/c1-2-11-7-9-10-8(3-5-12-9)4-6-13-10/h3-6,11H,2,7H2,1H3. The zero-order valence-electron chi connectivity index (χ0n) is 7.58. The fraction of sp³-hybridized carbons (Fsp3) is 0.300. The van der Waals surface area contributed by atoms with Gasteiger partial charge in [0, 0.05) is 18.1 Å². The first-order valence-electron chi connectivity index (χ1n) is 4.43. The van der Waals surface area contributed by atoms with Crippen molar-refractivity contribution in [1.82, 2.24) is 10.3 Å². The molecule has 0 saturated heterocycles. The molecule has 13 heavy (non-hydrogen) atoms. The van der Waals surface area contributed by atoms with Crippen LogP contribution >= 0.6 is 0 Å². The number of rotatable bonds is 3. The molecule has 2 aromatic rings.